The molecule has 3 atom stereocenters. The fourth-order valence-corrected chi connectivity index (χ4v) is 3.85. The van der Waals surface area contributed by atoms with Crippen LogP contribution in [-0.2, 0) is 15.1 Å². The first-order valence-electron chi connectivity index (χ1n) is 9.32. The molecule has 6 heteroatoms. The highest BCUT2D eigenvalue weighted by atomic mass is 16.2. The highest BCUT2D eigenvalue weighted by Gasteiger charge is 2.49. The van der Waals surface area contributed by atoms with Crippen LogP contribution in [0, 0.1) is 12.8 Å². The number of benzene rings is 1. The van der Waals surface area contributed by atoms with Gasteiger partial charge in [0.1, 0.15) is 12.1 Å². The van der Waals surface area contributed by atoms with Crippen molar-refractivity contribution in [1.82, 2.24) is 15.5 Å². The quantitative estimate of drug-likeness (QED) is 0.813. The van der Waals surface area contributed by atoms with Gasteiger partial charge in [0, 0.05) is 6.04 Å². The van der Waals surface area contributed by atoms with E-state index < -0.39 is 17.5 Å². The van der Waals surface area contributed by atoms with E-state index >= 15 is 0 Å². The number of hydrogen-bond acceptors (Lipinski definition) is 3. The Morgan fingerprint density at radius 3 is 2.54 bits per heavy atom. The Labute approximate surface area is 154 Å². The van der Waals surface area contributed by atoms with Gasteiger partial charge in [-0.25, -0.2) is 4.79 Å². The highest BCUT2D eigenvalue weighted by Crippen LogP contribution is 2.29. The maximum absolute atomic E-state index is 12.9. The van der Waals surface area contributed by atoms with Crippen molar-refractivity contribution >= 4 is 17.8 Å². The monoisotopic (exact) mass is 357 g/mol. The molecule has 0 radical (unpaired) electrons. The van der Waals surface area contributed by atoms with Gasteiger partial charge < -0.3 is 10.6 Å². The molecule has 0 spiro atoms. The van der Waals surface area contributed by atoms with E-state index in [0.29, 0.717) is 11.5 Å². The van der Waals surface area contributed by atoms with Crippen molar-refractivity contribution in [2.75, 3.05) is 6.54 Å². The van der Waals surface area contributed by atoms with Gasteiger partial charge in [-0.1, -0.05) is 49.6 Å². The van der Waals surface area contributed by atoms with E-state index in [0.717, 1.165) is 29.7 Å². The molecular formula is C20H27N3O3. The zero-order valence-corrected chi connectivity index (χ0v) is 15.7. The molecule has 0 aromatic heterocycles. The van der Waals surface area contributed by atoms with Crippen molar-refractivity contribution in [3.05, 3.63) is 35.4 Å². The van der Waals surface area contributed by atoms with Crippen LogP contribution in [0.15, 0.2) is 24.3 Å². The third-order valence-corrected chi connectivity index (χ3v) is 5.66. The summed E-state index contributed by atoms with van der Waals surface area (Å²) in [5, 5.41) is 5.74. The molecule has 1 aliphatic carbocycles. The molecule has 26 heavy (non-hydrogen) atoms. The van der Waals surface area contributed by atoms with Crippen molar-refractivity contribution in [1.29, 1.82) is 0 Å². The maximum Gasteiger partial charge on any atom is 0.325 e. The summed E-state index contributed by atoms with van der Waals surface area (Å²) in [7, 11) is 0. The van der Waals surface area contributed by atoms with Gasteiger partial charge in [-0.2, -0.15) is 0 Å². The maximum atomic E-state index is 12.9. The highest BCUT2D eigenvalue weighted by molar-refractivity contribution is 6.09. The van der Waals surface area contributed by atoms with E-state index in [1.54, 1.807) is 6.92 Å². The Morgan fingerprint density at radius 2 is 1.88 bits per heavy atom. The molecule has 2 N–H and O–H groups in total. The zero-order chi connectivity index (χ0) is 18.9. The predicted octanol–water partition coefficient (Wildman–Crippen LogP) is 2.46. The van der Waals surface area contributed by atoms with Gasteiger partial charge in [-0.15, -0.1) is 0 Å². The third-order valence-electron chi connectivity index (χ3n) is 5.66. The van der Waals surface area contributed by atoms with Gasteiger partial charge >= 0.3 is 6.03 Å². The lowest BCUT2D eigenvalue weighted by Gasteiger charge is -2.30. The van der Waals surface area contributed by atoms with E-state index in [1.807, 2.05) is 31.2 Å². The number of nitrogens with one attached hydrogen (secondary N) is 2. The molecule has 2 fully saturated rings. The van der Waals surface area contributed by atoms with Crippen LogP contribution in [0.4, 0.5) is 4.79 Å². The Kier molecular flexibility index (Phi) is 5.03. The number of amides is 4. The number of nitrogens with zero attached hydrogens (tertiary/aromatic N) is 1. The molecule has 1 aromatic rings. The molecule has 1 saturated heterocycles. The van der Waals surface area contributed by atoms with Crippen molar-refractivity contribution in [3.8, 4) is 0 Å². The van der Waals surface area contributed by atoms with Crippen LogP contribution in [0.3, 0.4) is 0 Å². The molecule has 0 bridgehead atoms. The summed E-state index contributed by atoms with van der Waals surface area (Å²) in [5.41, 5.74) is 0.653. The van der Waals surface area contributed by atoms with E-state index in [1.165, 1.54) is 6.42 Å². The van der Waals surface area contributed by atoms with E-state index in [-0.39, 0.29) is 18.5 Å². The lowest BCUT2D eigenvalue weighted by atomic mass is 9.86. The standard InChI is InChI=1S/C20H27N3O3/c1-13-8-10-15(11-9-13)20(3)18(25)23(19(26)22-20)12-17(24)21-16-7-5-4-6-14(16)2/h8-11,14,16H,4-7,12H2,1-3H3,(H,21,24)(H,22,26)/t14-,16+,20+/m0/s1. The molecule has 4 amide bonds. The minimum atomic E-state index is -1.14. The molecule has 3 rings (SSSR count). The van der Waals surface area contributed by atoms with Crippen LogP contribution in [0.25, 0.3) is 0 Å². The Hall–Kier alpha value is -2.37. The van der Waals surface area contributed by atoms with Crippen molar-refractivity contribution in [3.63, 3.8) is 0 Å². The largest absolute Gasteiger partial charge is 0.352 e. The van der Waals surface area contributed by atoms with Crippen molar-refractivity contribution < 1.29 is 14.4 Å². The Morgan fingerprint density at radius 1 is 1.23 bits per heavy atom. The number of carbonyl (C=O) groups excluding carboxylic acids is 3. The Balaban J connectivity index is 1.68. The van der Waals surface area contributed by atoms with Gasteiger partial charge in [0.05, 0.1) is 0 Å². The average Bonchev–Trinajstić information content (AvgIpc) is 2.82. The number of aryl methyl sites for hydroxylation is 1. The lowest BCUT2D eigenvalue weighted by Crippen LogP contribution is -2.47. The second kappa shape index (κ2) is 7.09. The summed E-state index contributed by atoms with van der Waals surface area (Å²) in [4.78, 5) is 38.7. The minimum Gasteiger partial charge on any atom is -0.352 e. The van der Waals surface area contributed by atoms with Crippen molar-refractivity contribution in [2.24, 2.45) is 5.92 Å². The molecule has 140 valence electrons. The molecule has 6 nitrogen and oxygen atoms in total. The number of carbonyl (C=O) groups is 3. The van der Waals surface area contributed by atoms with Crippen LogP contribution < -0.4 is 10.6 Å². The van der Waals surface area contributed by atoms with Gasteiger partial charge in [-0.3, -0.25) is 14.5 Å². The van der Waals surface area contributed by atoms with Gasteiger partial charge in [0.25, 0.3) is 5.91 Å². The van der Waals surface area contributed by atoms with Crippen LogP contribution in [-0.4, -0.2) is 35.3 Å². The van der Waals surface area contributed by atoms with E-state index in [9.17, 15) is 14.4 Å². The topological polar surface area (TPSA) is 78.5 Å². The summed E-state index contributed by atoms with van der Waals surface area (Å²) in [6.45, 7) is 5.53. The van der Waals surface area contributed by atoms with E-state index in [2.05, 4.69) is 17.6 Å². The van der Waals surface area contributed by atoms with Crippen LogP contribution in [0.5, 0.6) is 0 Å². The fraction of sp³-hybridized carbons (Fsp3) is 0.550. The number of hydrogen-bond donors (Lipinski definition) is 2. The summed E-state index contributed by atoms with van der Waals surface area (Å²) >= 11 is 0. The third kappa shape index (κ3) is 3.45. The van der Waals surface area contributed by atoms with E-state index in [4.69, 9.17) is 0 Å². The van der Waals surface area contributed by atoms with Gasteiger partial charge in [-0.05, 0) is 38.2 Å². The van der Waals surface area contributed by atoms with Crippen LogP contribution in [0.2, 0.25) is 0 Å². The summed E-state index contributed by atoms with van der Waals surface area (Å²) in [6.07, 6.45) is 4.34. The molecule has 1 heterocycles. The molecule has 1 saturated carbocycles. The minimum absolute atomic E-state index is 0.125. The van der Waals surface area contributed by atoms with Gasteiger partial charge in [0.15, 0.2) is 0 Å². The second-order valence-corrected chi connectivity index (χ2v) is 7.75. The average molecular weight is 357 g/mol. The predicted molar refractivity (Wildman–Crippen MR) is 98.3 cm³/mol. The normalized spacial score (nSPS) is 28.8. The van der Waals surface area contributed by atoms with Crippen LogP contribution in [0.1, 0.15) is 50.7 Å². The molecule has 0 unspecified atom stereocenters. The first kappa shape index (κ1) is 18.4. The first-order valence-corrected chi connectivity index (χ1v) is 9.32. The number of urea groups is 1. The molecular weight excluding hydrogens is 330 g/mol. The Bertz CT molecular complexity index is 716. The molecule has 1 aromatic carbocycles. The second-order valence-electron chi connectivity index (χ2n) is 7.75. The number of imide groups is 1. The summed E-state index contributed by atoms with van der Waals surface area (Å²) < 4.78 is 0. The molecule has 2 aliphatic rings. The van der Waals surface area contributed by atoms with Crippen molar-refractivity contribution in [2.45, 2.75) is 58.0 Å². The summed E-state index contributed by atoms with van der Waals surface area (Å²) in [5.74, 6) is -0.243. The smallest absolute Gasteiger partial charge is 0.325 e. The van der Waals surface area contributed by atoms with Crippen LogP contribution >= 0.6 is 0 Å². The zero-order valence-electron chi connectivity index (χ0n) is 15.7. The van der Waals surface area contributed by atoms with Gasteiger partial charge in [0.2, 0.25) is 5.91 Å². The first-order chi connectivity index (χ1) is 12.3. The molecule has 1 aliphatic heterocycles. The number of rotatable bonds is 4. The SMILES string of the molecule is Cc1ccc([C@@]2(C)NC(=O)N(CC(=O)N[C@@H]3CCCC[C@@H]3C)C2=O)cc1. The lowest BCUT2D eigenvalue weighted by molar-refractivity contribution is -0.135. The fourth-order valence-electron chi connectivity index (χ4n) is 3.85. The summed E-state index contributed by atoms with van der Waals surface area (Å²) in [6, 6.07) is 7.08.